The third-order valence-electron chi connectivity index (χ3n) is 11.3. The SMILES string of the molecule is CCCCCCCCCCCCN1C(=O)c2ccc3c4ccc5c6c(ccc(c7ccc(c2c37)C1=O)c64)C(=O)N(Cc1cccc(N(C)C)c1)C5=O. The average Bonchev–Trinajstić information content (AvgIpc) is 3.15. The number of hydrogen-bond donors (Lipinski definition) is 0. The van der Waals surface area contributed by atoms with Gasteiger partial charge in [-0.1, -0.05) is 101 Å². The zero-order chi connectivity index (χ0) is 36.1. The highest BCUT2D eigenvalue weighted by molar-refractivity contribution is 6.41. The molecule has 0 saturated heterocycles. The highest BCUT2D eigenvalue weighted by Crippen LogP contribution is 2.46. The number of benzene rings is 6. The van der Waals surface area contributed by atoms with Gasteiger partial charge >= 0.3 is 0 Å². The van der Waals surface area contributed by atoms with Crippen molar-refractivity contribution in [2.75, 3.05) is 25.5 Å². The van der Waals surface area contributed by atoms with E-state index in [0.29, 0.717) is 39.6 Å². The Morgan fingerprint density at radius 2 is 0.904 bits per heavy atom. The topological polar surface area (TPSA) is 78.0 Å². The van der Waals surface area contributed by atoms with E-state index in [1.165, 1.54) is 54.7 Å². The molecule has 2 aliphatic rings. The molecule has 2 heterocycles. The van der Waals surface area contributed by atoms with Crippen LogP contribution in [0.4, 0.5) is 5.69 Å². The van der Waals surface area contributed by atoms with Gasteiger partial charge in [-0.15, -0.1) is 0 Å². The minimum atomic E-state index is -0.314. The normalized spacial score (nSPS) is 14.3. The summed E-state index contributed by atoms with van der Waals surface area (Å²) in [5.41, 5.74) is 3.98. The van der Waals surface area contributed by atoms with E-state index in [1.54, 1.807) is 0 Å². The Labute approximate surface area is 304 Å². The average molecular weight is 692 g/mol. The molecule has 0 bridgehead atoms. The maximum absolute atomic E-state index is 14.0. The summed E-state index contributed by atoms with van der Waals surface area (Å²) in [6.07, 6.45) is 11.9. The Kier molecular flexibility index (Phi) is 8.90. The van der Waals surface area contributed by atoms with Gasteiger partial charge in [0.2, 0.25) is 0 Å². The predicted molar refractivity (Wildman–Crippen MR) is 210 cm³/mol. The number of nitrogens with zero attached hydrogens (tertiary/aromatic N) is 3. The molecule has 8 rings (SSSR count). The summed E-state index contributed by atoms with van der Waals surface area (Å²) >= 11 is 0. The Bertz CT molecular complexity index is 2290. The van der Waals surface area contributed by atoms with Gasteiger partial charge in [-0.3, -0.25) is 29.0 Å². The van der Waals surface area contributed by atoms with Crippen LogP contribution in [0, 0.1) is 0 Å². The predicted octanol–water partition coefficient (Wildman–Crippen LogP) is 10.1. The van der Waals surface area contributed by atoms with Crippen LogP contribution in [0.25, 0.3) is 43.1 Å². The first-order chi connectivity index (χ1) is 25.3. The number of unbranched alkanes of at least 4 members (excludes halogenated alkanes) is 9. The summed E-state index contributed by atoms with van der Waals surface area (Å²) in [5.74, 6) is -1.10. The van der Waals surface area contributed by atoms with Crippen LogP contribution in [0.3, 0.4) is 0 Å². The number of fused-ring (bicyclic) bond motifs is 2. The molecule has 0 aliphatic carbocycles. The number of amides is 4. The lowest BCUT2D eigenvalue weighted by molar-refractivity contribution is 0.0587. The Hall–Kier alpha value is -5.30. The van der Waals surface area contributed by atoms with Gasteiger partial charge in [0.15, 0.2) is 0 Å². The van der Waals surface area contributed by atoms with E-state index < -0.39 is 0 Å². The lowest BCUT2D eigenvalue weighted by Gasteiger charge is -2.30. The van der Waals surface area contributed by atoms with E-state index in [4.69, 9.17) is 0 Å². The van der Waals surface area contributed by atoms with Gasteiger partial charge in [-0.05, 0) is 80.7 Å². The van der Waals surface area contributed by atoms with Gasteiger partial charge in [0.25, 0.3) is 23.6 Å². The second kappa shape index (κ2) is 13.7. The van der Waals surface area contributed by atoms with E-state index in [0.717, 1.165) is 62.8 Å². The van der Waals surface area contributed by atoms with Gasteiger partial charge in [0, 0.05) is 59.4 Å². The molecule has 52 heavy (non-hydrogen) atoms. The first kappa shape index (κ1) is 33.8. The third-order valence-corrected chi connectivity index (χ3v) is 11.3. The van der Waals surface area contributed by atoms with Crippen molar-refractivity contribution in [2.24, 2.45) is 0 Å². The molecule has 7 heteroatoms. The molecule has 0 spiro atoms. The molecule has 4 amide bonds. The van der Waals surface area contributed by atoms with Gasteiger partial charge in [-0.2, -0.15) is 0 Å². The second-order valence-corrected chi connectivity index (χ2v) is 14.8. The lowest BCUT2D eigenvalue weighted by Crippen LogP contribution is -2.41. The first-order valence-electron chi connectivity index (χ1n) is 19.0. The number of anilines is 1. The molecule has 6 aromatic carbocycles. The van der Waals surface area contributed by atoms with E-state index in [1.807, 2.05) is 91.8 Å². The highest BCUT2D eigenvalue weighted by atomic mass is 16.2. The van der Waals surface area contributed by atoms with Crippen LogP contribution in [0.2, 0.25) is 0 Å². The first-order valence-corrected chi connectivity index (χ1v) is 19.0. The summed E-state index contributed by atoms with van der Waals surface area (Å²) < 4.78 is 0. The van der Waals surface area contributed by atoms with Gasteiger partial charge < -0.3 is 4.90 Å². The quantitative estimate of drug-likeness (QED) is 0.0492. The van der Waals surface area contributed by atoms with Crippen LogP contribution in [0.1, 0.15) is 118 Å². The summed E-state index contributed by atoms with van der Waals surface area (Å²) in [6, 6.07) is 23.1. The molecule has 0 radical (unpaired) electrons. The smallest absolute Gasteiger partial charge is 0.261 e. The van der Waals surface area contributed by atoms with Crippen LogP contribution < -0.4 is 4.90 Å². The monoisotopic (exact) mass is 691 g/mol. The number of hydrogen-bond acceptors (Lipinski definition) is 5. The molecule has 0 atom stereocenters. The van der Waals surface area contributed by atoms with E-state index in [9.17, 15) is 19.2 Å². The molecule has 0 saturated carbocycles. The van der Waals surface area contributed by atoms with Crippen LogP contribution in [-0.4, -0.2) is 54.1 Å². The number of carbonyl (C=O) groups is 4. The van der Waals surface area contributed by atoms with Crippen molar-refractivity contribution in [2.45, 2.75) is 77.7 Å². The van der Waals surface area contributed by atoms with Gasteiger partial charge in [0.1, 0.15) is 0 Å². The molecule has 2 aliphatic heterocycles. The van der Waals surface area contributed by atoms with Crippen LogP contribution >= 0.6 is 0 Å². The van der Waals surface area contributed by atoms with E-state index >= 15 is 0 Å². The molecule has 264 valence electrons. The molecular formula is C45H45N3O4. The van der Waals surface area contributed by atoms with Gasteiger partial charge in [0.05, 0.1) is 6.54 Å². The maximum atomic E-state index is 14.0. The molecule has 0 fully saturated rings. The van der Waals surface area contributed by atoms with Crippen molar-refractivity contribution in [3.63, 3.8) is 0 Å². The minimum Gasteiger partial charge on any atom is -0.378 e. The van der Waals surface area contributed by atoms with Crippen LogP contribution in [-0.2, 0) is 6.54 Å². The van der Waals surface area contributed by atoms with Crippen LogP contribution in [0.5, 0.6) is 0 Å². The Morgan fingerprint density at radius 1 is 0.481 bits per heavy atom. The zero-order valence-electron chi connectivity index (χ0n) is 30.4. The molecule has 0 unspecified atom stereocenters. The largest absolute Gasteiger partial charge is 0.378 e. The summed E-state index contributed by atoms with van der Waals surface area (Å²) in [4.78, 5) is 60.7. The van der Waals surface area contributed by atoms with E-state index in [2.05, 4.69) is 6.92 Å². The third kappa shape index (κ3) is 5.49. The summed E-state index contributed by atoms with van der Waals surface area (Å²) in [6.45, 7) is 2.84. The molecule has 7 nitrogen and oxygen atoms in total. The Balaban J connectivity index is 1.10. The molecular weight excluding hydrogens is 647 g/mol. The van der Waals surface area contributed by atoms with Gasteiger partial charge in [-0.25, -0.2) is 0 Å². The summed E-state index contributed by atoms with van der Waals surface area (Å²) in [5, 5.41) is 6.69. The Morgan fingerprint density at radius 3 is 1.35 bits per heavy atom. The van der Waals surface area contributed by atoms with Crippen molar-refractivity contribution in [1.82, 2.24) is 9.80 Å². The number of carbonyl (C=O) groups excluding carboxylic acids is 4. The highest BCUT2D eigenvalue weighted by Gasteiger charge is 2.36. The molecule has 6 aromatic rings. The van der Waals surface area contributed by atoms with E-state index in [-0.39, 0.29) is 30.2 Å². The maximum Gasteiger partial charge on any atom is 0.261 e. The fourth-order valence-electron chi connectivity index (χ4n) is 8.59. The summed E-state index contributed by atoms with van der Waals surface area (Å²) in [7, 11) is 3.92. The second-order valence-electron chi connectivity index (χ2n) is 14.8. The van der Waals surface area contributed by atoms with Crippen molar-refractivity contribution in [1.29, 1.82) is 0 Å². The lowest BCUT2D eigenvalue weighted by atomic mass is 9.82. The van der Waals surface area contributed by atoms with Crippen LogP contribution in [0.15, 0.2) is 72.8 Å². The molecule has 0 aromatic heterocycles. The zero-order valence-corrected chi connectivity index (χ0v) is 30.4. The van der Waals surface area contributed by atoms with Crippen molar-refractivity contribution < 1.29 is 19.2 Å². The number of imide groups is 2. The van der Waals surface area contributed by atoms with Crippen molar-refractivity contribution >= 4 is 72.4 Å². The minimum absolute atomic E-state index is 0.176. The van der Waals surface area contributed by atoms with Crippen molar-refractivity contribution in [3.8, 4) is 0 Å². The standard InChI is InChI=1S/C45H45N3O4/c1-4-5-6-7-8-9-10-11-12-13-25-47-42(49)34-21-17-30-32-19-23-36-41-37(45(52)48(44(36)51)27-28-15-14-16-29(26-28)46(2)3)24-20-33(39(32)41)31-18-22-35(43(47)50)40(34)38(30)31/h14-24,26H,4-13,25,27H2,1-3H3. The molecule has 0 N–H and O–H groups in total. The fourth-order valence-corrected chi connectivity index (χ4v) is 8.59. The number of rotatable bonds is 14. The fraction of sp³-hybridized carbons (Fsp3) is 0.333. The van der Waals surface area contributed by atoms with Crippen molar-refractivity contribution in [3.05, 3.63) is 101 Å².